The second-order valence-corrected chi connectivity index (χ2v) is 8.33. The smallest absolute Gasteiger partial charge is 0.416 e. The molecule has 2 N–H and O–H groups in total. The molecular formula is C20H20Br2F3NO3. The van der Waals surface area contributed by atoms with E-state index in [9.17, 15) is 18.0 Å². The van der Waals surface area contributed by atoms with Gasteiger partial charge in [0.05, 0.1) is 20.9 Å². The Hall–Kier alpha value is -1.74. The Morgan fingerprint density at radius 2 is 1.76 bits per heavy atom. The number of rotatable bonds is 8. The highest BCUT2D eigenvalue weighted by molar-refractivity contribution is 9.11. The van der Waals surface area contributed by atoms with Crippen LogP contribution in [0.15, 0.2) is 39.3 Å². The molecule has 0 saturated heterocycles. The molecule has 2 aromatic rings. The molecule has 0 radical (unpaired) electrons. The standard InChI is InChI=1S/C20H20Br2F3NO3/c1-3-11(2)26-15-5-13(4-14(9-15)20(23,24)25)10-29-19-16(21)6-12(7-17(19)22)8-18(27)28/h4-7,9,11,26H,3,8,10H2,1-2H3,(H,27,28). The van der Waals surface area contributed by atoms with Gasteiger partial charge in [-0.2, -0.15) is 13.2 Å². The fourth-order valence-electron chi connectivity index (χ4n) is 2.59. The van der Waals surface area contributed by atoms with Crippen LogP contribution < -0.4 is 10.1 Å². The normalized spacial score (nSPS) is 12.5. The van der Waals surface area contributed by atoms with Gasteiger partial charge < -0.3 is 15.2 Å². The molecule has 0 fully saturated rings. The van der Waals surface area contributed by atoms with E-state index < -0.39 is 17.7 Å². The summed E-state index contributed by atoms with van der Waals surface area (Å²) in [5, 5.41) is 12.0. The van der Waals surface area contributed by atoms with Crippen LogP contribution in [-0.4, -0.2) is 17.1 Å². The van der Waals surface area contributed by atoms with Crippen molar-refractivity contribution in [2.24, 2.45) is 0 Å². The van der Waals surface area contributed by atoms with Gasteiger partial charge in [0.2, 0.25) is 0 Å². The van der Waals surface area contributed by atoms with Gasteiger partial charge in [-0.25, -0.2) is 0 Å². The van der Waals surface area contributed by atoms with Crippen molar-refractivity contribution in [3.63, 3.8) is 0 Å². The lowest BCUT2D eigenvalue weighted by atomic mass is 10.1. The minimum atomic E-state index is -4.47. The molecule has 0 aliphatic carbocycles. The molecule has 2 rings (SSSR count). The Morgan fingerprint density at radius 1 is 1.14 bits per heavy atom. The van der Waals surface area contributed by atoms with Gasteiger partial charge in [0.15, 0.2) is 0 Å². The number of carbonyl (C=O) groups is 1. The van der Waals surface area contributed by atoms with E-state index in [4.69, 9.17) is 9.84 Å². The Bertz CT molecular complexity index is 865. The van der Waals surface area contributed by atoms with Crippen LogP contribution in [0.4, 0.5) is 18.9 Å². The van der Waals surface area contributed by atoms with Gasteiger partial charge in [0.25, 0.3) is 0 Å². The zero-order chi connectivity index (χ0) is 21.8. The van der Waals surface area contributed by atoms with Crippen molar-refractivity contribution in [2.45, 2.75) is 45.5 Å². The molecular weight excluding hydrogens is 519 g/mol. The van der Waals surface area contributed by atoms with Crippen LogP contribution >= 0.6 is 31.9 Å². The third-order valence-electron chi connectivity index (χ3n) is 4.14. The highest BCUT2D eigenvalue weighted by Crippen LogP contribution is 2.36. The number of aliphatic carboxylic acids is 1. The number of alkyl halides is 3. The summed E-state index contributed by atoms with van der Waals surface area (Å²) in [7, 11) is 0. The van der Waals surface area contributed by atoms with Crippen LogP contribution in [0.2, 0.25) is 0 Å². The van der Waals surface area contributed by atoms with Crippen molar-refractivity contribution in [1.82, 2.24) is 0 Å². The van der Waals surface area contributed by atoms with Crippen molar-refractivity contribution in [2.75, 3.05) is 5.32 Å². The second kappa shape index (κ2) is 9.84. The fraction of sp³-hybridized carbons (Fsp3) is 0.350. The highest BCUT2D eigenvalue weighted by Gasteiger charge is 2.31. The predicted octanol–water partition coefficient (Wildman–Crippen LogP) is 6.65. The molecule has 0 aromatic heterocycles. The molecule has 2 aromatic carbocycles. The van der Waals surface area contributed by atoms with Gasteiger partial charge in [-0.15, -0.1) is 0 Å². The molecule has 0 spiro atoms. The van der Waals surface area contributed by atoms with E-state index in [-0.39, 0.29) is 19.1 Å². The first kappa shape index (κ1) is 23.5. The minimum Gasteiger partial charge on any atom is -0.487 e. The fourth-order valence-corrected chi connectivity index (χ4v) is 4.10. The maximum absolute atomic E-state index is 13.3. The summed E-state index contributed by atoms with van der Waals surface area (Å²) in [5.74, 6) is -0.587. The average Bonchev–Trinajstić information content (AvgIpc) is 2.59. The lowest BCUT2D eigenvalue weighted by Gasteiger charge is -2.18. The summed E-state index contributed by atoms with van der Waals surface area (Å²) in [5.41, 5.74) is 0.545. The van der Waals surface area contributed by atoms with E-state index in [1.54, 1.807) is 18.2 Å². The lowest BCUT2D eigenvalue weighted by molar-refractivity contribution is -0.138. The van der Waals surface area contributed by atoms with Crippen LogP contribution in [0.1, 0.15) is 37.0 Å². The molecule has 0 saturated carbocycles. The third-order valence-corrected chi connectivity index (χ3v) is 5.32. The molecule has 0 heterocycles. The van der Waals surface area contributed by atoms with Crippen molar-refractivity contribution in [1.29, 1.82) is 0 Å². The Kier molecular flexibility index (Phi) is 7.99. The molecule has 0 aliphatic rings. The summed E-state index contributed by atoms with van der Waals surface area (Å²) in [6.45, 7) is 3.75. The Labute approximate surface area is 183 Å². The van der Waals surface area contributed by atoms with Crippen LogP contribution in [0.5, 0.6) is 5.75 Å². The van der Waals surface area contributed by atoms with Gasteiger partial charge in [0.1, 0.15) is 12.4 Å². The molecule has 1 atom stereocenters. The first-order valence-electron chi connectivity index (χ1n) is 8.79. The van der Waals surface area contributed by atoms with Gasteiger partial charge in [0, 0.05) is 11.7 Å². The van der Waals surface area contributed by atoms with E-state index in [1.807, 2.05) is 13.8 Å². The monoisotopic (exact) mass is 537 g/mol. The topological polar surface area (TPSA) is 58.6 Å². The van der Waals surface area contributed by atoms with E-state index in [0.29, 0.717) is 31.5 Å². The molecule has 0 amide bonds. The van der Waals surface area contributed by atoms with Gasteiger partial charge in [-0.1, -0.05) is 6.92 Å². The predicted molar refractivity (Wildman–Crippen MR) is 112 cm³/mol. The molecule has 0 aliphatic heterocycles. The van der Waals surface area contributed by atoms with E-state index in [2.05, 4.69) is 37.2 Å². The minimum absolute atomic E-state index is 0.0253. The maximum atomic E-state index is 13.3. The Morgan fingerprint density at radius 3 is 2.28 bits per heavy atom. The number of carboxylic acid groups (broad SMARTS) is 1. The first-order valence-corrected chi connectivity index (χ1v) is 10.4. The summed E-state index contributed by atoms with van der Waals surface area (Å²) in [4.78, 5) is 10.9. The van der Waals surface area contributed by atoms with Crippen molar-refractivity contribution in [3.8, 4) is 5.75 Å². The average molecular weight is 539 g/mol. The van der Waals surface area contributed by atoms with Gasteiger partial charge in [-0.3, -0.25) is 4.79 Å². The van der Waals surface area contributed by atoms with Crippen LogP contribution in [-0.2, 0) is 24.0 Å². The van der Waals surface area contributed by atoms with E-state index in [1.165, 1.54) is 0 Å². The van der Waals surface area contributed by atoms with E-state index in [0.717, 1.165) is 18.6 Å². The number of hydrogen-bond acceptors (Lipinski definition) is 3. The largest absolute Gasteiger partial charge is 0.487 e. The van der Waals surface area contributed by atoms with Crippen LogP contribution in [0, 0.1) is 0 Å². The van der Waals surface area contributed by atoms with E-state index >= 15 is 0 Å². The second-order valence-electron chi connectivity index (χ2n) is 6.62. The molecule has 0 bridgehead atoms. The number of hydrogen-bond donors (Lipinski definition) is 2. The number of benzene rings is 2. The number of halogens is 5. The van der Waals surface area contributed by atoms with Crippen LogP contribution in [0.3, 0.4) is 0 Å². The van der Waals surface area contributed by atoms with Gasteiger partial charge >= 0.3 is 12.1 Å². The highest BCUT2D eigenvalue weighted by atomic mass is 79.9. The molecule has 29 heavy (non-hydrogen) atoms. The lowest BCUT2D eigenvalue weighted by Crippen LogP contribution is -2.15. The van der Waals surface area contributed by atoms with Gasteiger partial charge in [-0.05, 0) is 86.7 Å². The first-order chi connectivity index (χ1) is 13.5. The number of anilines is 1. The zero-order valence-electron chi connectivity index (χ0n) is 15.7. The SMILES string of the molecule is CCC(C)Nc1cc(COc2c(Br)cc(CC(=O)O)cc2Br)cc(C(F)(F)F)c1. The molecule has 4 nitrogen and oxygen atoms in total. The molecule has 158 valence electrons. The summed E-state index contributed by atoms with van der Waals surface area (Å²) >= 11 is 6.65. The zero-order valence-corrected chi connectivity index (χ0v) is 18.9. The number of carboxylic acids is 1. The number of nitrogens with one attached hydrogen (secondary N) is 1. The summed E-state index contributed by atoms with van der Waals surface area (Å²) < 4.78 is 46.6. The van der Waals surface area contributed by atoms with Crippen LogP contribution in [0.25, 0.3) is 0 Å². The van der Waals surface area contributed by atoms with Crippen molar-refractivity contribution < 1.29 is 27.8 Å². The quantitative estimate of drug-likeness (QED) is 0.395. The van der Waals surface area contributed by atoms with Crippen molar-refractivity contribution in [3.05, 3.63) is 56.0 Å². The Balaban J connectivity index is 2.27. The number of ether oxygens (including phenoxy) is 1. The summed E-state index contributed by atoms with van der Waals surface area (Å²) in [6.07, 6.45) is -3.86. The summed E-state index contributed by atoms with van der Waals surface area (Å²) in [6, 6.07) is 7.01. The molecule has 1 unspecified atom stereocenters. The van der Waals surface area contributed by atoms with Crippen molar-refractivity contribution >= 4 is 43.5 Å². The molecule has 9 heteroatoms. The third kappa shape index (κ3) is 6.92. The maximum Gasteiger partial charge on any atom is 0.416 e.